The van der Waals surface area contributed by atoms with Crippen LogP contribution in [0.15, 0.2) is 206 Å². The van der Waals surface area contributed by atoms with Gasteiger partial charge in [-0.25, -0.2) is 0 Å². The lowest BCUT2D eigenvalue weighted by Gasteiger charge is -2.26. The predicted molar refractivity (Wildman–Crippen MR) is 237 cm³/mol. The van der Waals surface area contributed by atoms with Crippen molar-refractivity contribution >= 4 is 81.1 Å². The lowest BCUT2D eigenvalue weighted by molar-refractivity contribution is 1.18. The summed E-state index contributed by atoms with van der Waals surface area (Å²) in [5, 5.41) is 7.68. The minimum Gasteiger partial charge on any atom is -0.310 e. The summed E-state index contributed by atoms with van der Waals surface area (Å²) in [7, 11) is 0. The number of thiophene rings is 1. The van der Waals surface area contributed by atoms with Gasteiger partial charge in [0.2, 0.25) is 0 Å². The SMILES string of the molecule is c1ccc(-c2ccc(N(c3ccc(-c4cccc5c6ccccc6n(-c6ccccc6)c45)cc3)c3ccc4c(c3)sc3cc5ccccc5cc34)cc2)cc1. The Morgan fingerprint density at radius 3 is 1.71 bits per heavy atom. The molecule has 2 nitrogen and oxygen atoms in total. The van der Waals surface area contributed by atoms with E-state index in [1.807, 2.05) is 11.3 Å². The molecule has 0 radical (unpaired) electrons. The molecule has 2 aromatic heterocycles. The minimum absolute atomic E-state index is 1.11. The van der Waals surface area contributed by atoms with Crippen LogP contribution in [0.2, 0.25) is 0 Å². The number of benzene rings is 9. The van der Waals surface area contributed by atoms with Crippen molar-refractivity contribution in [2.75, 3.05) is 4.90 Å². The molecular formula is C52H34N2S. The van der Waals surface area contributed by atoms with Gasteiger partial charge in [-0.2, -0.15) is 0 Å². The average molecular weight is 719 g/mol. The molecule has 0 unspecified atom stereocenters. The van der Waals surface area contributed by atoms with Crippen molar-refractivity contribution in [1.29, 1.82) is 0 Å². The van der Waals surface area contributed by atoms with Gasteiger partial charge in [0.1, 0.15) is 0 Å². The third-order valence-corrected chi connectivity index (χ3v) is 12.1. The summed E-state index contributed by atoms with van der Waals surface area (Å²) in [6, 6.07) is 75.1. The smallest absolute Gasteiger partial charge is 0.0619 e. The van der Waals surface area contributed by atoms with E-state index in [1.54, 1.807) is 0 Å². The first kappa shape index (κ1) is 31.6. The fraction of sp³-hybridized carbons (Fsp3) is 0. The van der Waals surface area contributed by atoms with E-state index in [1.165, 1.54) is 75.0 Å². The molecule has 3 heteroatoms. The van der Waals surface area contributed by atoms with Crippen LogP contribution in [0, 0.1) is 0 Å². The van der Waals surface area contributed by atoms with E-state index in [2.05, 4.69) is 216 Å². The third-order valence-electron chi connectivity index (χ3n) is 11.0. The van der Waals surface area contributed by atoms with Gasteiger partial charge >= 0.3 is 0 Å². The van der Waals surface area contributed by atoms with Crippen molar-refractivity contribution in [3.05, 3.63) is 206 Å². The van der Waals surface area contributed by atoms with Crippen LogP contribution >= 0.6 is 11.3 Å². The summed E-state index contributed by atoms with van der Waals surface area (Å²) in [4.78, 5) is 2.39. The molecule has 11 aromatic rings. The molecule has 0 saturated heterocycles. The van der Waals surface area contributed by atoms with Gasteiger partial charge in [-0.3, -0.25) is 0 Å². The number of fused-ring (bicyclic) bond motifs is 7. The van der Waals surface area contributed by atoms with Crippen molar-refractivity contribution < 1.29 is 0 Å². The fourth-order valence-electron chi connectivity index (χ4n) is 8.36. The average Bonchev–Trinajstić information content (AvgIpc) is 3.79. The maximum atomic E-state index is 2.41. The van der Waals surface area contributed by atoms with Crippen molar-refractivity contribution in [3.8, 4) is 27.9 Å². The molecule has 0 atom stereocenters. The molecule has 258 valence electrons. The van der Waals surface area contributed by atoms with Gasteiger partial charge in [-0.05, 0) is 94.2 Å². The Hall–Kier alpha value is -6.94. The summed E-state index contributed by atoms with van der Waals surface area (Å²) < 4.78 is 5.01. The van der Waals surface area contributed by atoms with Gasteiger partial charge in [0.05, 0.1) is 11.0 Å². The zero-order valence-corrected chi connectivity index (χ0v) is 30.7. The van der Waals surface area contributed by atoms with Crippen LogP contribution in [0.25, 0.3) is 80.7 Å². The van der Waals surface area contributed by atoms with Crippen LogP contribution in [-0.4, -0.2) is 4.57 Å². The molecule has 9 aromatic carbocycles. The van der Waals surface area contributed by atoms with Gasteiger partial charge in [-0.15, -0.1) is 11.3 Å². The van der Waals surface area contributed by atoms with E-state index in [-0.39, 0.29) is 0 Å². The van der Waals surface area contributed by atoms with E-state index in [0.717, 1.165) is 22.7 Å². The van der Waals surface area contributed by atoms with Crippen molar-refractivity contribution in [3.63, 3.8) is 0 Å². The summed E-state index contributed by atoms with van der Waals surface area (Å²) in [5.41, 5.74) is 11.8. The predicted octanol–water partition coefficient (Wildman–Crippen LogP) is 15.1. The first-order chi connectivity index (χ1) is 27.3. The molecule has 0 fully saturated rings. The lowest BCUT2D eigenvalue weighted by Crippen LogP contribution is -2.09. The summed E-state index contributed by atoms with van der Waals surface area (Å²) in [6.45, 7) is 0. The Labute approximate surface area is 323 Å². The molecule has 0 aliphatic heterocycles. The normalized spacial score (nSPS) is 11.6. The Bertz CT molecular complexity index is 3180. The second-order valence-electron chi connectivity index (χ2n) is 14.2. The molecule has 0 N–H and O–H groups in total. The second-order valence-corrected chi connectivity index (χ2v) is 15.2. The van der Waals surface area contributed by atoms with Crippen LogP contribution in [0.1, 0.15) is 0 Å². The van der Waals surface area contributed by atoms with Crippen LogP contribution in [-0.2, 0) is 0 Å². The number of rotatable bonds is 6. The fourth-order valence-corrected chi connectivity index (χ4v) is 9.53. The minimum atomic E-state index is 1.11. The van der Waals surface area contributed by atoms with E-state index in [0.29, 0.717) is 0 Å². The second kappa shape index (κ2) is 12.9. The zero-order valence-electron chi connectivity index (χ0n) is 29.9. The molecule has 0 aliphatic rings. The van der Waals surface area contributed by atoms with E-state index in [4.69, 9.17) is 0 Å². The Morgan fingerprint density at radius 1 is 0.364 bits per heavy atom. The number of anilines is 3. The molecule has 2 heterocycles. The molecular weight excluding hydrogens is 685 g/mol. The highest BCUT2D eigenvalue weighted by Crippen LogP contribution is 2.43. The topological polar surface area (TPSA) is 8.17 Å². The quantitative estimate of drug-likeness (QED) is 0.166. The Balaban J connectivity index is 1.06. The van der Waals surface area contributed by atoms with Gasteiger partial charge in [-0.1, -0.05) is 140 Å². The highest BCUT2D eigenvalue weighted by Gasteiger charge is 2.19. The molecule has 11 rings (SSSR count). The molecule has 55 heavy (non-hydrogen) atoms. The van der Waals surface area contributed by atoms with Crippen molar-refractivity contribution in [1.82, 2.24) is 4.57 Å². The third kappa shape index (κ3) is 5.32. The summed E-state index contributed by atoms with van der Waals surface area (Å²) >= 11 is 1.87. The maximum absolute atomic E-state index is 2.41. The van der Waals surface area contributed by atoms with Crippen molar-refractivity contribution in [2.45, 2.75) is 0 Å². The van der Waals surface area contributed by atoms with Gasteiger partial charge in [0, 0.05) is 59.3 Å². The number of aromatic nitrogens is 1. The number of nitrogens with zero attached hydrogens (tertiary/aromatic N) is 2. The van der Waals surface area contributed by atoms with Gasteiger partial charge in [0.15, 0.2) is 0 Å². The van der Waals surface area contributed by atoms with Crippen LogP contribution in [0.3, 0.4) is 0 Å². The summed E-state index contributed by atoms with van der Waals surface area (Å²) in [5.74, 6) is 0. The Kier molecular flexibility index (Phi) is 7.39. The lowest BCUT2D eigenvalue weighted by atomic mass is 10.0. The van der Waals surface area contributed by atoms with E-state index in [9.17, 15) is 0 Å². The standard InChI is InChI=1S/C52H34N2S/c1-3-12-35(13-4-1)36-22-26-41(27-23-36)53(43-30-31-46-48-32-38-14-7-8-15-39(38)33-50(48)55-51(46)34-43)42-28-24-37(25-29-42)44-19-11-20-47-45-18-9-10-21-49(45)54(52(44)47)40-16-5-2-6-17-40/h1-34H. The largest absolute Gasteiger partial charge is 0.310 e. The molecule has 0 aliphatic carbocycles. The number of hydrogen-bond donors (Lipinski definition) is 0. The summed E-state index contributed by atoms with van der Waals surface area (Å²) in [6.07, 6.45) is 0. The van der Waals surface area contributed by atoms with Crippen LogP contribution in [0.4, 0.5) is 17.1 Å². The van der Waals surface area contributed by atoms with E-state index < -0.39 is 0 Å². The van der Waals surface area contributed by atoms with E-state index >= 15 is 0 Å². The monoisotopic (exact) mass is 718 g/mol. The first-order valence-electron chi connectivity index (χ1n) is 18.8. The number of para-hydroxylation sites is 3. The van der Waals surface area contributed by atoms with Crippen LogP contribution in [0.5, 0.6) is 0 Å². The number of hydrogen-bond acceptors (Lipinski definition) is 2. The maximum Gasteiger partial charge on any atom is 0.0619 e. The van der Waals surface area contributed by atoms with Crippen molar-refractivity contribution in [2.24, 2.45) is 0 Å². The molecule has 0 saturated carbocycles. The highest BCUT2D eigenvalue weighted by atomic mass is 32.1. The van der Waals surface area contributed by atoms with Gasteiger partial charge in [0.25, 0.3) is 0 Å². The van der Waals surface area contributed by atoms with Gasteiger partial charge < -0.3 is 9.47 Å². The zero-order chi connectivity index (χ0) is 36.3. The molecule has 0 bridgehead atoms. The Morgan fingerprint density at radius 2 is 0.945 bits per heavy atom. The molecule has 0 amide bonds. The van der Waals surface area contributed by atoms with Crippen LogP contribution < -0.4 is 4.90 Å². The highest BCUT2D eigenvalue weighted by molar-refractivity contribution is 7.25. The molecule has 0 spiro atoms. The first-order valence-corrected chi connectivity index (χ1v) is 19.6.